The second-order valence-electron chi connectivity index (χ2n) is 5.47. The largest absolute Gasteiger partial charge is 0.467 e. The van der Waals surface area contributed by atoms with Gasteiger partial charge in [0.15, 0.2) is 0 Å². The standard InChI is InChI=1S/C16H17BrN4OS/c1-8(2)15-20-12-11(17)13(9(3)18)23-14(12)16(21-15)19-7-10-5-4-6-22-10/h4-6,8H,3,7,18H2,1-2H3,(H,19,20,21). The minimum atomic E-state index is 0.222. The van der Waals surface area contributed by atoms with Gasteiger partial charge in [-0.1, -0.05) is 20.4 Å². The van der Waals surface area contributed by atoms with Crippen LogP contribution in [0.4, 0.5) is 5.82 Å². The van der Waals surface area contributed by atoms with Crippen molar-refractivity contribution in [1.82, 2.24) is 9.97 Å². The first-order valence-corrected chi connectivity index (χ1v) is 8.79. The predicted octanol–water partition coefficient (Wildman–Crippen LogP) is 4.71. The molecular formula is C16H17BrN4OS. The number of furan rings is 1. The van der Waals surface area contributed by atoms with Crippen molar-refractivity contribution in [2.24, 2.45) is 5.73 Å². The summed E-state index contributed by atoms with van der Waals surface area (Å²) in [4.78, 5) is 10.2. The van der Waals surface area contributed by atoms with Crippen LogP contribution >= 0.6 is 27.3 Å². The van der Waals surface area contributed by atoms with Crippen molar-refractivity contribution < 1.29 is 4.42 Å². The first kappa shape index (κ1) is 16.0. The van der Waals surface area contributed by atoms with Crippen LogP contribution in [0.2, 0.25) is 0 Å². The fourth-order valence-corrected chi connectivity index (χ4v) is 4.03. The molecule has 23 heavy (non-hydrogen) atoms. The molecule has 0 atom stereocenters. The van der Waals surface area contributed by atoms with Gasteiger partial charge in [0, 0.05) is 11.6 Å². The molecule has 0 aliphatic carbocycles. The molecule has 3 N–H and O–H groups in total. The van der Waals surface area contributed by atoms with Crippen LogP contribution in [-0.4, -0.2) is 9.97 Å². The zero-order chi connectivity index (χ0) is 16.6. The summed E-state index contributed by atoms with van der Waals surface area (Å²) in [6, 6.07) is 3.79. The smallest absolute Gasteiger partial charge is 0.148 e. The third kappa shape index (κ3) is 3.11. The van der Waals surface area contributed by atoms with Gasteiger partial charge in [-0.2, -0.15) is 0 Å². The Morgan fingerprint density at radius 2 is 2.26 bits per heavy atom. The van der Waals surface area contributed by atoms with Gasteiger partial charge in [-0.25, -0.2) is 9.97 Å². The zero-order valence-electron chi connectivity index (χ0n) is 12.9. The van der Waals surface area contributed by atoms with Crippen molar-refractivity contribution in [3.63, 3.8) is 0 Å². The molecule has 7 heteroatoms. The summed E-state index contributed by atoms with van der Waals surface area (Å²) >= 11 is 5.12. The van der Waals surface area contributed by atoms with Crippen LogP contribution in [-0.2, 0) is 6.54 Å². The van der Waals surface area contributed by atoms with Crippen LogP contribution < -0.4 is 11.1 Å². The Labute approximate surface area is 146 Å². The molecule has 0 radical (unpaired) electrons. The van der Waals surface area contributed by atoms with Crippen molar-refractivity contribution in [2.45, 2.75) is 26.3 Å². The molecule has 3 aromatic rings. The molecule has 0 aliphatic rings. The first-order chi connectivity index (χ1) is 11.0. The summed E-state index contributed by atoms with van der Waals surface area (Å²) in [6.45, 7) is 8.53. The maximum Gasteiger partial charge on any atom is 0.148 e. The van der Waals surface area contributed by atoms with E-state index in [1.54, 1.807) is 6.26 Å². The van der Waals surface area contributed by atoms with Gasteiger partial charge in [-0.15, -0.1) is 11.3 Å². The van der Waals surface area contributed by atoms with E-state index in [-0.39, 0.29) is 5.92 Å². The molecule has 0 saturated heterocycles. The highest BCUT2D eigenvalue weighted by atomic mass is 79.9. The molecule has 0 bridgehead atoms. The van der Waals surface area contributed by atoms with Gasteiger partial charge >= 0.3 is 0 Å². The molecule has 3 heterocycles. The molecule has 0 aromatic carbocycles. The summed E-state index contributed by atoms with van der Waals surface area (Å²) in [7, 11) is 0. The monoisotopic (exact) mass is 392 g/mol. The number of hydrogen-bond acceptors (Lipinski definition) is 6. The van der Waals surface area contributed by atoms with Gasteiger partial charge < -0.3 is 15.5 Å². The lowest BCUT2D eigenvalue weighted by molar-refractivity contribution is 0.518. The maximum atomic E-state index is 5.88. The highest BCUT2D eigenvalue weighted by Gasteiger charge is 2.19. The molecular weight excluding hydrogens is 376 g/mol. The number of nitrogens with one attached hydrogen (secondary N) is 1. The molecule has 3 rings (SSSR count). The number of fused-ring (bicyclic) bond motifs is 1. The third-order valence-electron chi connectivity index (χ3n) is 3.31. The Hall–Kier alpha value is -1.86. The summed E-state index contributed by atoms with van der Waals surface area (Å²) in [5.74, 6) is 2.64. The van der Waals surface area contributed by atoms with E-state index in [9.17, 15) is 0 Å². The Balaban J connectivity index is 2.09. The van der Waals surface area contributed by atoms with E-state index in [0.717, 1.165) is 37.0 Å². The summed E-state index contributed by atoms with van der Waals surface area (Å²) in [5, 5.41) is 3.34. The van der Waals surface area contributed by atoms with Crippen molar-refractivity contribution in [3.05, 3.63) is 45.9 Å². The lowest BCUT2D eigenvalue weighted by Gasteiger charge is -2.09. The molecule has 120 valence electrons. The lowest BCUT2D eigenvalue weighted by Crippen LogP contribution is -2.05. The number of nitrogens with zero attached hydrogens (tertiary/aromatic N) is 2. The van der Waals surface area contributed by atoms with Gasteiger partial charge in [-0.05, 0) is 28.1 Å². The highest BCUT2D eigenvalue weighted by Crippen LogP contribution is 2.40. The number of aromatic nitrogens is 2. The summed E-state index contributed by atoms with van der Waals surface area (Å²) < 4.78 is 7.19. The van der Waals surface area contributed by atoms with E-state index in [0.29, 0.717) is 12.2 Å². The second kappa shape index (κ2) is 6.33. The Kier molecular flexibility index (Phi) is 4.41. The van der Waals surface area contributed by atoms with Crippen LogP contribution in [0.25, 0.3) is 15.9 Å². The molecule has 0 aliphatic heterocycles. The fourth-order valence-electron chi connectivity index (χ4n) is 2.14. The average molecular weight is 393 g/mol. The molecule has 3 aromatic heterocycles. The van der Waals surface area contributed by atoms with E-state index in [2.05, 4.69) is 51.6 Å². The molecule has 0 saturated carbocycles. The SMILES string of the molecule is C=C(N)c1sc2c(NCc3ccco3)nc(C(C)C)nc2c1Br. The van der Waals surface area contributed by atoms with E-state index < -0.39 is 0 Å². The van der Waals surface area contributed by atoms with Crippen LogP contribution in [0, 0.1) is 0 Å². The van der Waals surface area contributed by atoms with Crippen LogP contribution in [0.3, 0.4) is 0 Å². The molecule has 0 amide bonds. The van der Waals surface area contributed by atoms with Crippen LogP contribution in [0.5, 0.6) is 0 Å². The van der Waals surface area contributed by atoms with Crippen molar-refractivity contribution in [3.8, 4) is 0 Å². The van der Waals surface area contributed by atoms with Gasteiger partial charge in [0.2, 0.25) is 0 Å². The van der Waals surface area contributed by atoms with E-state index in [1.165, 1.54) is 11.3 Å². The molecule has 0 unspecified atom stereocenters. The van der Waals surface area contributed by atoms with E-state index >= 15 is 0 Å². The van der Waals surface area contributed by atoms with Crippen LogP contribution in [0.1, 0.15) is 36.2 Å². The number of rotatable bonds is 5. The Morgan fingerprint density at radius 3 is 2.87 bits per heavy atom. The molecule has 5 nitrogen and oxygen atoms in total. The number of hydrogen-bond donors (Lipinski definition) is 2. The molecule has 0 fully saturated rings. The van der Waals surface area contributed by atoms with Gasteiger partial charge in [0.25, 0.3) is 0 Å². The predicted molar refractivity (Wildman–Crippen MR) is 98.5 cm³/mol. The van der Waals surface area contributed by atoms with Gasteiger partial charge in [0.05, 0.1) is 26.9 Å². The number of anilines is 1. The van der Waals surface area contributed by atoms with E-state index in [4.69, 9.17) is 10.2 Å². The second-order valence-corrected chi connectivity index (χ2v) is 7.28. The highest BCUT2D eigenvalue weighted by molar-refractivity contribution is 9.10. The van der Waals surface area contributed by atoms with E-state index in [1.807, 2.05) is 12.1 Å². The van der Waals surface area contributed by atoms with Crippen LogP contribution in [0.15, 0.2) is 33.9 Å². The molecule has 0 spiro atoms. The van der Waals surface area contributed by atoms with Crippen molar-refractivity contribution in [1.29, 1.82) is 0 Å². The number of halogens is 1. The minimum absolute atomic E-state index is 0.222. The van der Waals surface area contributed by atoms with Gasteiger partial charge in [0.1, 0.15) is 22.9 Å². The number of thiophene rings is 1. The van der Waals surface area contributed by atoms with Gasteiger partial charge in [-0.3, -0.25) is 0 Å². The summed E-state index contributed by atoms with van der Waals surface area (Å²) in [5.41, 5.74) is 7.26. The third-order valence-corrected chi connectivity index (χ3v) is 5.61. The topological polar surface area (TPSA) is 77.0 Å². The first-order valence-electron chi connectivity index (χ1n) is 7.18. The summed E-state index contributed by atoms with van der Waals surface area (Å²) in [6.07, 6.45) is 1.66. The Morgan fingerprint density at radius 1 is 1.48 bits per heavy atom. The van der Waals surface area contributed by atoms with Crippen molar-refractivity contribution >= 4 is 49.0 Å². The number of nitrogens with two attached hydrogens (primary N) is 1. The average Bonchev–Trinajstić information content (AvgIpc) is 3.13. The maximum absolute atomic E-state index is 5.88. The minimum Gasteiger partial charge on any atom is -0.467 e. The normalized spacial score (nSPS) is 11.3. The lowest BCUT2D eigenvalue weighted by atomic mass is 10.2. The fraction of sp³-hybridized carbons (Fsp3) is 0.250. The zero-order valence-corrected chi connectivity index (χ0v) is 15.3. The van der Waals surface area contributed by atoms with Crippen molar-refractivity contribution in [2.75, 3.05) is 5.32 Å². The Bertz CT molecular complexity index is 855. The quantitative estimate of drug-likeness (QED) is 0.657.